The Bertz CT molecular complexity index is 327. The summed E-state index contributed by atoms with van der Waals surface area (Å²) in [6, 6.07) is 9.67. The lowest BCUT2D eigenvalue weighted by atomic mass is 10.0. The maximum Gasteiger partial charge on any atom is 0.0368 e. The largest absolute Gasteiger partial charge is 0.371 e. The average molecular weight is 218 g/mol. The first kappa shape index (κ1) is 11.5. The lowest BCUT2D eigenvalue weighted by molar-refractivity contribution is 0.442. The average Bonchev–Trinajstić information content (AvgIpc) is 2.39. The third-order valence-electron chi connectivity index (χ3n) is 3.59. The molecule has 0 atom stereocenters. The summed E-state index contributed by atoms with van der Waals surface area (Å²) in [6.07, 6.45) is 3.64. The van der Waals surface area contributed by atoms with E-state index in [9.17, 15) is 0 Å². The minimum Gasteiger partial charge on any atom is -0.371 e. The quantitative estimate of drug-likeness (QED) is 0.838. The van der Waals surface area contributed by atoms with Gasteiger partial charge in [-0.05, 0) is 44.0 Å². The fraction of sp³-hybridized carbons (Fsp3) is 0.571. The molecule has 0 unspecified atom stereocenters. The number of nitrogens with one attached hydrogen (secondary N) is 1. The maximum absolute atomic E-state index is 3.37. The summed E-state index contributed by atoms with van der Waals surface area (Å²) in [7, 11) is 2.07. The van der Waals surface area contributed by atoms with E-state index in [0.29, 0.717) is 6.04 Å². The molecule has 0 bridgehead atoms. The lowest BCUT2D eigenvalue weighted by Crippen LogP contribution is -2.41. The second-order valence-electron chi connectivity index (χ2n) is 4.57. The Morgan fingerprint density at radius 3 is 2.69 bits per heavy atom. The Kier molecular flexibility index (Phi) is 3.83. The Labute approximate surface area is 98.7 Å². The van der Waals surface area contributed by atoms with Crippen LogP contribution in [-0.2, 0) is 6.42 Å². The maximum atomic E-state index is 3.37. The van der Waals surface area contributed by atoms with E-state index >= 15 is 0 Å². The Morgan fingerprint density at radius 2 is 2.06 bits per heavy atom. The number of nitrogens with zero attached hydrogens (tertiary/aromatic N) is 1. The molecule has 1 aliphatic heterocycles. The van der Waals surface area contributed by atoms with Gasteiger partial charge in [0, 0.05) is 24.8 Å². The van der Waals surface area contributed by atoms with E-state index in [0.717, 1.165) is 6.42 Å². The third kappa shape index (κ3) is 2.56. The highest BCUT2D eigenvalue weighted by molar-refractivity contribution is 5.49. The number of benzene rings is 1. The van der Waals surface area contributed by atoms with Crippen molar-refractivity contribution in [1.29, 1.82) is 0 Å². The zero-order chi connectivity index (χ0) is 11.4. The van der Waals surface area contributed by atoms with Gasteiger partial charge in [0.1, 0.15) is 0 Å². The lowest BCUT2D eigenvalue weighted by Gasteiger charge is -2.33. The molecule has 2 rings (SSSR count). The number of piperidine rings is 1. The minimum absolute atomic E-state index is 0.714. The molecule has 1 fully saturated rings. The van der Waals surface area contributed by atoms with Crippen molar-refractivity contribution in [3.05, 3.63) is 29.8 Å². The number of hydrogen-bond donors (Lipinski definition) is 1. The van der Waals surface area contributed by atoms with Gasteiger partial charge in [-0.15, -0.1) is 0 Å². The molecule has 2 nitrogen and oxygen atoms in total. The molecule has 16 heavy (non-hydrogen) atoms. The molecule has 0 saturated carbocycles. The Balaban J connectivity index is 2.02. The van der Waals surface area contributed by atoms with Gasteiger partial charge in [-0.2, -0.15) is 0 Å². The molecular formula is C14H22N2. The first-order valence-electron chi connectivity index (χ1n) is 6.34. The summed E-state index contributed by atoms with van der Waals surface area (Å²) in [5, 5.41) is 3.37. The van der Waals surface area contributed by atoms with Crippen LogP contribution in [0.5, 0.6) is 0 Å². The molecule has 1 N–H and O–H groups in total. The molecule has 1 aromatic carbocycles. The van der Waals surface area contributed by atoms with Crippen LogP contribution in [0.25, 0.3) is 0 Å². The van der Waals surface area contributed by atoms with Crippen molar-refractivity contribution in [2.75, 3.05) is 25.0 Å². The van der Waals surface area contributed by atoms with Gasteiger partial charge in [0.05, 0.1) is 0 Å². The summed E-state index contributed by atoms with van der Waals surface area (Å²) < 4.78 is 0. The number of anilines is 1. The van der Waals surface area contributed by atoms with Crippen LogP contribution >= 0.6 is 0 Å². The van der Waals surface area contributed by atoms with Crippen LogP contribution in [0.1, 0.15) is 25.3 Å². The van der Waals surface area contributed by atoms with E-state index in [1.807, 2.05) is 0 Å². The Morgan fingerprint density at radius 1 is 1.31 bits per heavy atom. The zero-order valence-corrected chi connectivity index (χ0v) is 10.4. The van der Waals surface area contributed by atoms with Crippen molar-refractivity contribution < 1.29 is 0 Å². The third-order valence-corrected chi connectivity index (χ3v) is 3.59. The van der Waals surface area contributed by atoms with Crippen LogP contribution in [0.4, 0.5) is 5.69 Å². The van der Waals surface area contributed by atoms with E-state index in [2.05, 4.69) is 48.5 Å². The van der Waals surface area contributed by atoms with Crippen molar-refractivity contribution >= 4 is 5.69 Å². The van der Waals surface area contributed by atoms with Gasteiger partial charge in [-0.3, -0.25) is 0 Å². The minimum atomic E-state index is 0.714. The van der Waals surface area contributed by atoms with E-state index in [1.54, 1.807) is 0 Å². The topological polar surface area (TPSA) is 15.3 Å². The summed E-state index contributed by atoms with van der Waals surface area (Å²) in [6.45, 7) is 4.57. The molecule has 1 aliphatic rings. The monoisotopic (exact) mass is 218 g/mol. The highest BCUT2D eigenvalue weighted by Crippen LogP contribution is 2.21. The molecule has 88 valence electrons. The molecule has 1 aromatic rings. The molecule has 0 radical (unpaired) electrons. The van der Waals surface area contributed by atoms with E-state index in [-0.39, 0.29) is 0 Å². The van der Waals surface area contributed by atoms with Gasteiger partial charge < -0.3 is 10.2 Å². The van der Waals surface area contributed by atoms with Crippen molar-refractivity contribution in [3.8, 4) is 0 Å². The highest BCUT2D eigenvalue weighted by Gasteiger charge is 2.17. The van der Waals surface area contributed by atoms with Crippen LogP contribution in [0.2, 0.25) is 0 Å². The second-order valence-corrected chi connectivity index (χ2v) is 4.57. The zero-order valence-electron chi connectivity index (χ0n) is 10.4. The number of hydrogen-bond acceptors (Lipinski definition) is 2. The smallest absolute Gasteiger partial charge is 0.0368 e. The van der Waals surface area contributed by atoms with E-state index in [1.165, 1.54) is 37.2 Å². The van der Waals surface area contributed by atoms with Gasteiger partial charge >= 0.3 is 0 Å². The van der Waals surface area contributed by atoms with Crippen LogP contribution in [-0.4, -0.2) is 26.2 Å². The normalized spacial score (nSPS) is 17.8. The number of rotatable bonds is 3. The van der Waals surface area contributed by atoms with Crippen LogP contribution in [0.3, 0.4) is 0 Å². The standard InChI is InChI=1S/C14H22N2/c1-3-12-5-4-6-14(11-12)16-9-7-13(15-2)8-10-16/h4-6,11,13,15H,3,7-10H2,1-2H3. The molecule has 2 heteroatoms. The summed E-state index contributed by atoms with van der Waals surface area (Å²) >= 11 is 0. The molecule has 1 saturated heterocycles. The molecule has 0 spiro atoms. The van der Waals surface area contributed by atoms with Crippen LogP contribution in [0.15, 0.2) is 24.3 Å². The summed E-state index contributed by atoms with van der Waals surface area (Å²) in [5.41, 5.74) is 2.84. The molecule has 0 amide bonds. The molecule has 1 heterocycles. The van der Waals surface area contributed by atoms with Gasteiger partial charge in [-0.1, -0.05) is 19.1 Å². The van der Waals surface area contributed by atoms with Crippen LogP contribution in [0, 0.1) is 0 Å². The molecular weight excluding hydrogens is 196 g/mol. The van der Waals surface area contributed by atoms with Crippen LogP contribution < -0.4 is 10.2 Å². The highest BCUT2D eigenvalue weighted by atomic mass is 15.1. The summed E-state index contributed by atoms with van der Waals surface area (Å²) in [5.74, 6) is 0. The predicted octanol–water partition coefficient (Wildman–Crippen LogP) is 2.44. The fourth-order valence-corrected chi connectivity index (χ4v) is 2.40. The van der Waals surface area contributed by atoms with Gasteiger partial charge in [0.15, 0.2) is 0 Å². The SMILES string of the molecule is CCc1cccc(N2CCC(NC)CC2)c1. The van der Waals surface area contributed by atoms with Crippen molar-refractivity contribution in [1.82, 2.24) is 5.32 Å². The first-order valence-corrected chi connectivity index (χ1v) is 6.34. The van der Waals surface area contributed by atoms with Gasteiger partial charge in [0.25, 0.3) is 0 Å². The van der Waals surface area contributed by atoms with Crippen molar-refractivity contribution in [2.45, 2.75) is 32.2 Å². The molecule has 0 aromatic heterocycles. The fourth-order valence-electron chi connectivity index (χ4n) is 2.40. The summed E-state index contributed by atoms with van der Waals surface area (Å²) in [4.78, 5) is 2.51. The second kappa shape index (κ2) is 5.35. The van der Waals surface area contributed by atoms with E-state index < -0.39 is 0 Å². The Hall–Kier alpha value is -1.02. The van der Waals surface area contributed by atoms with Crippen molar-refractivity contribution in [2.24, 2.45) is 0 Å². The predicted molar refractivity (Wildman–Crippen MR) is 70.1 cm³/mol. The van der Waals surface area contributed by atoms with E-state index in [4.69, 9.17) is 0 Å². The molecule has 0 aliphatic carbocycles. The number of aryl methyl sites for hydroxylation is 1. The van der Waals surface area contributed by atoms with Gasteiger partial charge in [0.2, 0.25) is 0 Å². The first-order chi connectivity index (χ1) is 7.83. The van der Waals surface area contributed by atoms with Crippen molar-refractivity contribution in [3.63, 3.8) is 0 Å². The van der Waals surface area contributed by atoms with Gasteiger partial charge in [-0.25, -0.2) is 0 Å².